The molecule has 2 aliphatic carbocycles. The van der Waals surface area contributed by atoms with Gasteiger partial charge in [0, 0.05) is 25.0 Å². The predicted octanol–water partition coefficient (Wildman–Crippen LogP) is 3.78. The third-order valence-electron chi connectivity index (χ3n) is 5.24. The number of amides is 1. The van der Waals surface area contributed by atoms with E-state index in [-0.39, 0.29) is 6.42 Å². The van der Waals surface area contributed by atoms with Gasteiger partial charge in [0.25, 0.3) is 0 Å². The van der Waals surface area contributed by atoms with Crippen LogP contribution < -0.4 is 10.6 Å². The van der Waals surface area contributed by atoms with Gasteiger partial charge < -0.3 is 10.6 Å². The average molecular weight is 334 g/mol. The predicted molar refractivity (Wildman–Crippen MR) is 84.0 cm³/mol. The van der Waals surface area contributed by atoms with Crippen LogP contribution in [0.2, 0.25) is 0 Å². The number of alkyl halides is 3. The maximum Gasteiger partial charge on any atom is 0.392 e. The van der Waals surface area contributed by atoms with Crippen molar-refractivity contribution < 1.29 is 18.0 Å². The van der Waals surface area contributed by atoms with Crippen LogP contribution in [-0.4, -0.2) is 31.2 Å². The molecule has 2 saturated carbocycles. The van der Waals surface area contributed by atoms with Gasteiger partial charge in [-0.25, -0.2) is 0 Å². The minimum absolute atomic E-state index is 0.0852. The zero-order valence-corrected chi connectivity index (χ0v) is 13.8. The molecule has 3 nitrogen and oxygen atoms in total. The lowest BCUT2D eigenvalue weighted by molar-refractivity contribution is -0.198. The molecule has 2 aliphatic rings. The van der Waals surface area contributed by atoms with Crippen LogP contribution in [-0.2, 0) is 4.79 Å². The lowest BCUT2D eigenvalue weighted by Gasteiger charge is -2.32. The summed E-state index contributed by atoms with van der Waals surface area (Å²) >= 11 is 0. The van der Waals surface area contributed by atoms with E-state index in [0.717, 1.165) is 12.8 Å². The van der Waals surface area contributed by atoms with E-state index in [0.29, 0.717) is 38.4 Å². The zero-order chi connectivity index (χ0) is 16.7. The van der Waals surface area contributed by atoms with E-state index in [1.807, 2.05) is 0 Å². The Balaban J connectivity index is 1.70. The number of carbonyl (C=O) groups excluding carboxylic acids is 1. The second kappa shape index (κ2) is 8.90. The second-order valence-corrected chi connectivity index (χ2v) is 6.97. The highest BCUT2D eigenvalue weighted by Gasteiger charge is 2.47. The molecule has 2 fully saturated rings. The molecule has 2 unspecified atom stereocenters. The second-order valence-electron chi connectivity index (χ2n) is 6.97. The van der Waals surface area contributed by atoms with Crippen molar-refractivity contribution in [3.8, 4) is 0 Å². The lowest BCUT2D eigenvalue weighted by atomic mass is 9.78. The van der Waals surface area contributed by atoms with E-state index in [9.17, 15) is 18.0 Å². The number of hydrogen-bond acceptors (Lipinski definition) is 2. The Kier molecular flexibility index (Phi) is 7.18. The Morgan fingerprint density at radius 1 is 0.870 bits per heavy atom. The fourth-order valence-corrected chi connectivity index (χ4v) is 3.91. The molecule has 6 heteroatoms. The van der Waals surface area contributed by atoms with Gasteiger partial charge >= 0.3 is 6.18 Å². The summed E-state index contributed by atoms with van der Waals surface area (Å²) < 4.78 is 39.1. The van der Waals surface area contributed by atoms with Gasteiger partial charge in [-0.15, -0.1) is 0 Å². The quantitative estimate of drug-likeness (QED) is 0.593. The average Bonchev–Trinajstić information content (AvgIpc) is 2.79. The monoisotopic (exact) mass is 334 g/mol. The van der Waals surface area contributed by atoms with Crippen molar-refractivity contribution in [2.24, 2.45) is 11.8 Å². The molecule has 0 spiro atoms. The highest BCUT2D eigenvalue weighted by Crippen LogP contribution is 2.41. The van der Waals surface area contributed by atoms with Gasteiger partial charge in [-0.05, 0) is 25.7 Å². The number of nitrogens with one attached hydrogen (secondary N) is 2. The van der Waals surface area contributed by atoms with E-state index < -0.39 is 23.9 Å². The Bertz CT molecular complexity index is 365. The molecule has 0 bridgehead atoms. The van der Waals surface area contributed by atoms with E-state index >= 15 is 0 Å². The summed E-state index contributed by atoms with van der Waals surface area (Å²) in [6.07, 6.45) is 4.82. The highest BCUT2D eigenvalue weighted by molar-refractivity contribution is 5.79. The van der Waals surface area contributed by atoms with Crippen LogP contribution in [0.1, 0.15) is 64.2 Å². The van der Waals surface area contributed by atoms with Crippen LogP contribution >= 0.6 is 0 Å². The van der Waals surface area contributed by atoms with E-state index in [1.165, 1.54) is 25.7 Å². The van der Waals surface area contributed by atoms with Crippen LogP contribution in [0.15, 0.2) is 0 Å². The van der Waals surface area contributed by atoms with Gasteiger partial charge in [-0.1, -0.05) is 38.5 Å². The van der Waals surface area contributed by atoms with Crippen molar-refractivity contribution in [3.63, 3.8) is 0 Å². The fraction of sp³-hybridized carbons (Fsp3) is 0.941. The minimum Gasteiger partial charge on any atom is -0.355 e. The van der Waals surface area contributed by atoms with Gasteiger partial charge in [0.2, 0.25) is 5.91 Å². The molecule has 0 saturated heterocycles. The van der Waals surface area contributed by atoms with E-state index in [1.54, 1.807) is 0 Å². The van der Waals surface area contributed by atoms with Crippen LogP contribution in [0.25, 0.3) is 0 Å². The van der Waals surface area contributed by atoms with E-state index in [2.05, 4.69) is 10.6 Å². The Labute approximate surface area is 136 Å². The van der Waals surface area contributed by atoms with Crippen LogP contribution in [0, 0.1) is 11.8 Å². The van der Waals surface area contributed by atoms with Crippen LogP contribution in [0.3, 0.4) is 0 Å². The Morgan fingerprint density at radius 3 is 2.13 bits per heavy atom. The molecule has 1 amide bonds. The fourth-order valence-electron chi connectivity index (χ4n) is 3.91. The molecule has 0 aromatic carbocycles. The molecule has 0 aromatic rings. The summed E-state index contributed by atoms with van der Waals surface area (Å²) in [5.41, 5.74) is 0. The first-order valence-electron chi connectivity index (χ1n) is 9.06. The van der Waals surface area contributed by atoms with Crippen molar-refractivity contribution in [1.82, 2.24) is 10.6 Å². The van der Waals surface area contributed by atoms with Crippen molar-refractivity contribution in [3.05, 3.63) is 0 Å². The standard InChI is InChI=1S/C17H29F3N2O/c18-17(19,20)15-10-6-5-9-14(15)16(23)22-12-11-21-13-7-3-1-2-4-8-13/h13-15,21H,1-12H2,(H,22,23). The lowest BCUT2D eigenvalue weighted by Crippen LogP contribution is -2.44. The number of rotatable bonds is 5. The van der Waals surface area contributed by atoms with Crippen LogP contribution in [0.4, 0.5) is 13.2 Å². The third kappa shape index (κ3) is 5.98. The zero-order valence-electron chi connectivity index (χ0n) is 13.8. The number of hydrogen-bond donors (Lipinski definition) is 2. The molecule has 0 radical (unpaired) electrons. The molecule has 2 atom stereocenters. The Morgan fingerprint density at radius 2 is 1.48 bits per heavy atom. The molecular weight excluding hydrogens is 305 g/mol. The first-order chi connectivity index (χ1) is 11.0. The molecule has 2 N–H and O–H groups in total. The largest absolute Gasteiger partial charge is 0.392 e. The maximum absolute atomic E-state index is 13.0. The maximum atomic E-state index is 13.0. The molecule has 0 aliphatic heterocycles. The first-order valence-corrected chi connectivity index (χ1v) is 9.06. The summed E-state index contributed by atoms with van der Waals surface area (Å²) in [5.74, 6) is -2.79. The van der Waals surface area contributed by atoms with Crippen molar-refractivity contribution >= 4 is 5.91 Å². The Hall–Kier alpha value is -0.780. The summed E-state index contributed by atoms with van der Waals surface area (Å²) in [7, 11) is 0. The van der Waals surface area contributed by atoms with Gasteiger partial charge in [-0.3, -0.25) is 4.79 Å². The molecule has 23 heavy (non-hydrogen) atoms. The SMILES string of the molecule is O=C(NCCNC1CCCCCC1)C1CCCCC1C(F)(F)F. The molecular formula is C17H29F3N2O. The third-order valence-corrected chi connectivity index (χ3v) is 5.24. The summed E-state index contributed by atoms with van der Waals surface area (Å²) in [6, 6.07) is 0.493. The summed E-state index contributed by atoms with van der Waals surface area (Å²) in [5, 5.41) is 6.13. The highest BCUT2D eigenvalue weighted by atomic mass is 19.4. The minimum atomic E-state index is -4.26. The van der Waals surface area contributed by atoms with Crippen molar-refractivity contribution in [1.29, 1.82) is 0 Å². The van der Waals surface area contributed by atoms with Gasteiger partial charge in [0.15, 0.2) is 0 Å². The van der Waals surface area contributed by atoms with Gasteiger partial charge in [-0.2, -0.15) is 13.2 Å². The molecule has 0 aromatic heterocycles. The van der Waals surface area contributed by atoms with Crippen LogP contribution in [0.5, 0.6) is 0 Å². The molecule has 2 rings (SSSR count). The summed E-state index contributed by atoms with van der Waals surface area (Å²) in [6.45, 7) is 1.05. The van der Waals surface area contributed by atoms with E-state index in [4.69, 9.17) is 0 Å². The summed E-state index contributed by atoms with van der Waals surface area (Å²) in [4.78, 5) is 12.1. The molecule has 134 valence electrons. The first kappa shape index (κ1) is 18.6. The topological polar surface area (TPSA) is 41.1 Å². The normalized spacial score (nSPS) is 27.4. The van der Waals surface area contributed by atoms with Gasteiger partial charge in [0.05, 0.1) is 5.92 Å². The smallest absolute Gasteiger partial charge is 0.355 e. The van der Waals surface area contributed by atoms with Crippen molar-refractivity contribution in [2.75, 3.05) is 13.1 Å². The number of halogens is 3. The molecule has 0 heterocycles. The van der Waals surface area contributed by atoms with Gasteiger partial charge in [0.1, 0.15) is 0 Å². The van der Waals surface area contributed by atoms with Crippen molar-refractivity contribution in [2.45, 2.75) is 76.4 Å². The number of carbonyl (C=O) groups is 1.